The molecule has 0 amide bonds. The number of aliphatic hydroxyl groups is 1. The summed E-state index contributed by atoms with van der Waals surface area (Å²) >= 11 is 0. The molecule has 1 atom stereocenters. The van der Waals surface area contributed by atoms with Gasteiger partial charge < -0.3 is 10.8 Å². The maximum atomic E-state index is 9.02. The zero-order valence-corrected chi connectivity index (χ0v) is 9.82. The second-order valence-electron chi connectivity index (χ2n) is 3.98. The monoisotopic (exact) mass is 211 g/mol. The molecule has 4 heteroatoms. The van der Waals surface area contributed by atoms with Gasteiger partial charge in [-0.2, -0.15) is 5.10 Å². The Balaban J connectivity index is 2.95. The Labute approximate surface area is 91.1 Å². The van der Waals surface area contributed by atoms with Crippen LogP contribution in [0.1, 0.15) is 32.2 Å². The quantitative estimate of drug-likeness (QED) is 0.769. The molecule has 0 radical (unpaired) electrons. The minimum atomic E-state index is 0.185. The van der Waals surface area contributed by atoms with E-state index in [2.05, 4.69) is 18.9 Å². The van der Waals surface area contributed by atoms with Gasteiger partial charge in [-0.3, -0.25) is 4.68 Å². The highest BCUT2D eigenvalue weighted by molar-refractivity contribution is 5.48. The summed E-state index contributed by atoms with van der Waals surface area (Å²) in [4.78, 5) is 0. The first-order valence-electron chi connectivity index (χ1n) is 5.58. The second kappa shape index (κ2) is 5.16. The standard InChI is InChI=1S/C11H21N3O/c1-4-9-11(12)10(5-2)14(13-9)6-8(3)7-15/h8,15H,4-7,12H2,1-3H3. The van der Waals surface area contributed by atoms with Crippen LogP contribution in [0.15, 0.2) is 0 Å². The summed E-state index contributed by atoms with van der Waals surface area (Å²) in [6.07, 6.45) is 1.75. The van der Waals surface area contributed by atoms with Crippen molar-refractivity contribution in [2.45, 2.75) is 40.2 Å². The summed E-state index contributed by atoms with van der Waals surface area (Å²) in [6.45, 7) is 7.06. The van der Waals surface area contributed by atoms with Crippen LogP contribution in [-0.2, 0) is 19.4 Å². The summed E-state index contributed by atoms with van der Waals surface area (Å²) in [5, 5.41) is 13.5. The first-order valence-corrected chi connectivity index (χ1v) is 5.58. The summed E-state index contributed by atoms with van der Waals surface area (Å²) < 4.78 is 1.94. The van der Waals surface area contributed by atoms with E-state index in [1.807, 2.05) is 11.6 Å². The van der Waals surface area contributed by atoms with Crippen LogP contribution in [0.5, 0.6) is 0 Å². The lowest BCUT2D eigenvalue weighted by atomic mass is 10.2. The molecule has 0 aliphatic rings. The molecule has 0 saturated carbocycles. The number of aromatic nitrogens is 2. The van der Waals surface area contributed by atoms with Gasteiger partial charge in [0.25, 0.3) is 0 Å². The third-order valence-electron chi connectivity index (χ3n) is 2.64. The molecule has 1 rings (SSSR count). The van der Waals surface area contributed by atoms with Gasteiger partial charge in [0, 0.05) is 13.2 Å². The van der Waals surface area contributed by atoms with E-state index in [9.17, 15) is 0 Å². The first kappa shape index (κ1) is 12.0. The molecule has 1 heterocycles. The summed E-state index contributed by atoms with van der Waals surface area (Å²) in [5.74, 6) is 0.222. The number of aryl methyl sites for hydroxylation is 1. The van der Waals surface area contributed by atoms with Crippen LogP contribution in [0.25, 0.3) is 0 Å². The SMILES string of the molecule is CCc1nn(CC(C)CO)c(CC)c1N. The van der Waals surface area contributed by atoms with Crippen LogP contribution in [0.2, 0.25) is 0 Å². The van der Waals surface area contributed by atoms with E-state index in [0.717, 1.165) is 36.5 Å². The van der Waals surface area contributed by atoms with Crippen LogP contribution in [0.3, 0.4) is 0 Å². The highest BCUT2D eigenvalue weighted by Gasteiger charge is 2.13. The van der Waals surface area contributed by atoms with Crippen molar-refractivity contribution in [3.05, 3.63) is 11.4 Å². The van der Waals surface area contributed by atoms with Crippen molar-refractivity contribution in [2.24, 2.45) is 5.92 Å². The Hall–Kier alpha value is -1.03. The molecule has 0 aromatic carbocycles. The summed E-state index contributed by atoms with van der Waals surface area (Å²) in [6, 6.07) is 0. The predicted octanol–water partition coefficient (Wildman–Crippen LogP) is 1.22. The molecule has 1 unspecified atom stereocenters. The van der Waals surface area contributed by atoms with Gasteiger partial charge in [0.05, 0.1) is 17.1 Å². The molecule has 86 valence electrons. The van der Waals surface area contributed by atoms with Crippen molar-refractivity contribution < 1.29 is 5.11 Å². The molecule has 0 bridgehead atoms. The minimum absolute atomic E-state index is 0.185. The lowest BCUT2D eigenvalue weighted by Crippen LogP contribution is -2.14. The number of hydrogen-bond donors (Lipinski definition) is 2. The normalized spacial score (nSPS) is 13.1. The maximum Gasteiger partial charge on any atom is 0.0854 e. The van der Waals surface area contributed by atoms with Crippen molar-refractivity contribution >= 4 is 5.69 Å². The van der Waals surface area contributed by atoms with Gasteiger partial charge in [-0.05, 0) is 18.8 Å². The summed E-state index contributed by atoms with van der Waals surface area (Å²) in [5.41, 5.74) is 8.88. The zero-order chi connectivity index (χ0) is 11.4. The maximum absolute atomic E-state index is 9.02. The predicted molar refractivity (Wildman–Crippen MR) is 61.6 cm³/mol. The number of aliphatic hydroxyl groups excluding tert-OH is 1. The van der Waals surface area contributed by atoms with Crippen molar-refractivity contribution in [3.8, 4) is 0 Å². The fourth-order valence-electron chi connectivity index (χ4n) is 1.70. The van der Waals surface area contributed by atoms with E-state index in [-0.39, 0.29) is 12.5 Å². The van der Waals surface area contributed by atoms with Crippen LogP contribution in [0.4, 0.5) is 5.69 Å². The van der Waals surface area contributed by atoms with Crippen LogP contribution < -0.4 is 5.73 Å². The fraction of sp³-hybridized carbons (Fsp3) is 0.727. The molecule has 0 spiro atoms. The minimum Gasteiger partial charge on any atom is -0.396 e. The molecule has 4 nitrogen and oxygen atoms in total. The van der Waals surface area contributed by atoms with E-state index in [4.69, 9.17) is 10.8 Å². The molecule has 15 heavy (non-hydrogen) atoms. The molecule has 1 aromatic heterocycles. The Morgan fingerprint density at radius 2 is 2.07 bits per heavy atom. The van der Waals surface area contributed by atoms with E-state index in [1.165, 1.54) is 0 Å². The average molecular weight is 211 g/mol. The molecule has 3 N–H and O–H groups in total. The molecular weight excluding hydrogens is 190 g/mol. The van der Waals surface area contributed by atoms with Gasteiger partial charge in [-0.1, -0.05) is 20.8 Å². The van der Waals surface area contributed by atoms with Gasteiger partial charge in [-0.25, -0.2) is 0 Å². The Morgan fingerprint density at radius 1 is 1.40 bits per heavy atom. The van der Waals surface area contributed by atoms with Gasteiger partial charge in [0.15, 0.2) is 0 Å². The van der Waals surface area contributed by atoms with Gasteiger partial charge in [0.2, 0.25) is 0 Å². The van der Waals surface area contributed by atoms with Gasteiger partial charge in [-0.15, -0.1) is 0 Å². The van der Waals surface area contributed by atoms with Gasteiger partial charge in [0.1, 0.15) is 0 Å². The average Bonchev–Trinajstić information content (AvgIpc) is 2.54. The number of nitrogens with zero attached hydrogens (tertiary/aromatic N) is 2. The Morgan fingerprint density at radius 3 is 2.53 bits per heavy atom. The highest BCUT2D eigenvalue weighted by atomic mass is 16.3. The third-order valence-corrected chi connectivity index (χ3v) is 2.64. The third kappa shape index (κ3) is 2.50. The molecule has 0 saturated heterocycles. The fourth-order valence-corrected chi connectivity index (χ4v) is 1.70. The van der Waals surface area contributed by atoms with Crippen molar-refractivity contribution in [1.82, 2.24) is 9.78 Å². The van der Waals surface area contributed by atoms with E-state index in [1.54, 1.807) is 0 Å². The van der Waals surface area contributed by atoms with Crippen LogP contribution in [-0.4, -0.2) is 21.5 Å². The number of hydrogen-bond acceptors (Lipinski definition) is 3. The molecule has 1 aromatic rings. The summed E-state index contributed by atoms with van der Waals surface area (Å²) in [7, 11) is 0. The van der Waals surface area contributed by atoms with E-state index < -0.39 is 0 Å². The smallest absolute Gasteiger partial charge is 0.0854 e. The number of nitrogens with two attached hydrogens (primary N) is 1. The zero-order valence-electron chi connectivity index (χ0n) is 9.82. The van der Waals surface area contributed by atoms with E-state index in [0.29, 0.717) is 0 Å². The Bertz CT molecular complexity index is 320. The Kier molecular flexibility index (Phi) is 4.15. The first-order chi connectivity index (χ1) is 7.13. The van der Waals surface area contributed by atoms with Gasteiger partial charge >= 0.3 is 0 Å². The van der Waals surface area contributed by atoms with Crippen molar-refractivity contribution in [1.29, 1.82) is 0 Å². The largest absolute Gasteiger partial charge is 0.396 e. The second-order valence-corrected chi connectivity index (χ2v) is 3.98. The molecule has 0 fully saturated rings. The molecule has 0 aliphatic heterocycles. The number of rotatable bonds is 5. The lowest BCUT2D eigenvalue weighted by molar-refractivity contribution is 0.218. The van der Waals surface area contributed by atoms with Crippen LogP contribution in [0, 0.1) is 5.92 Å². The number of nitrogen functional groups attached to an aromatic ring is 1. The van der Waals surface area contributed by atoms with E-state index >= 15 is 0 Å². The topological polar surface area (TPSA) is 64.1 Å². The number of anilines is 1. The van der Waals surface area contributed by atoms with Crippen molar-refractivity contribution in [3.63, 3.8) is 0 Å². The van der Waals surface area contributed by atoms with Crippen molar-refractivity contribution in [2.75, 3.05) is 12.3 Å². The molecule has 0 aliphatic carbocycles. The lowest BCUT2D eigenvalue weighted by Gasteiger charge is -2.10. The van der Waals surface area contributed by atoms with Crippen LogP contribution >= 0.6 is 0 Å². The molecular formula is C11H21N3O. The highest BCUT2D eigenvalue weighted by Crippen LogP contribution is 2.19.